The average molecular weight is 563 g/mol. The number of carbonyl (C=O) groups excluding carboxylic acids is 3. The maximum atomic E-state index is 13.3. The summed E-state index contributed by atoms with van der Waals surface area (Å²) in [5.74, 6) is -2.52. The van der Waals surface area contributed by atoms with Crippen molar-refractivity contribution in [1.82, 2.24) is 20.9 Å². The number of aliphatic imine (C=N–C) groups is 1. The van der Waals surface area contributed by atoms with Crippen LogP contribution in [0.25, 0.3) is 10.9 Å². The minimum Gasteiger partial charge on any atom is -0.480 e. The van der Waals surface area contributed by atoms with Gasteiger partial charge in [0.05, 0.1) is 6.04 Å². The number of nitrogens with zero attached hydrogens (tertiary/aromatic N) is 1. The van der Waals surface area contributed by atoms with E-state index in [0.29, 0.717) is 12.2 Å². The molecule has 0 fully saturated rings. The first-order valence-corrected chi connectivity index (χ1v) is 13.9. The van der Waals surface area contributed by atoms with E-state index in [1.54, 1.807) is 6.20 Å². The van der Waals surface area contributed by atoms with Crippen LogP contribution in [0.1, 0.15) is 31.7 Å². The summed E-state index contributed by atoms with van der Waals surface area (Å²) < 4.78 is 0. The van der Waals surface area contributed by atoms with Gasteiger partial charge < -0.3 is 43.2 Å². The highest BCUT2D eigenvalue weighted by atomic mass is 32.2. The van der Waals surface area contributed by atoms with Crippen LogP contribution in [0.3, 0.4) is 0 Å². The van der Waals surface area contributed by atoms with Gasteiger partial charge in [-0.3, -0.25) is 24.2 Å². The molecule has 2 rings (SSSR count). The maximum absolute atomic E-state index is 13.3. The molecule has 0 aliphatic carbocycles. The van der Waals surface area contributed by atoms with E-state index >= 15 is 0 Å². The Morgan fingerprint density at radius 2 is 1.67 bits per heavy atom. The minimum atomic E-state index is -1.20. The van der Waals surface area contributed by atoms with Crippen molar-refractivity contribution in [2.45, 2.75) is 56.8 Å². The van der Waals surface area contributed by atoms with E-state index in [2.05, 4.69) is 25.9 Å². The SMILES string of the molecule is CSCCC(NC(=O)C(CCCN=C(N)N)NC(=O)C(N)Cc1c[nH]c2ccccc12)C(=O)NC(C)C(=O)O. The summed E-state index contributed by atoms with van der Waals surface area (Å²) in [7, 11) is 0. The lowest BCUT2D eigenvalue weighted by atomic mass is 10.0. The van der Waals surface area contributed by atoms with Crippen LogP contribution < -0.4 is 33.2 Å². The Morgan fingerprint density at radius 1 is 1.03 bits per heavy atom. The van der Waals surface area contributed by atoms with Gasteiger partial charge in [0, 0.05) is 23.6 Å². The number of para-hydroxylation sites is 1. The van der Waals surface area contributed by atoms with Crippen molar-refractivity contribution >= 4 is 52.3 Å². The molecule has 1 heterocycles. The van der Waals surface area contributed by atoms with Crippen molar-refractivity contribution in [3.63, 3.8) is 0 Å². The Labute approximate surface area is 231 Å². The molecule has 39 heavy (non-hydrogen) atoms. The number of rotatable bonds is 16. The van der Waals surface area contributed by atoms with Gasteiger partial charge in [-0.25, -0.2) is 0 Å². The zero-order valence-electron chi connectivity index (χ0n) is 22.1. The first-order valence-electron chi connectivity index (χ1n) is 12.5. The largest absolute Gasteiger partial charge is 0.480 e. The molecule has 13 nitrogen and oxygen atoms in total. The number of aliphatic carboxylic acids is 1. The first-order chi connectivity index (χ1) is 18.5. The average Bonchev–Trinajstić information content (AvgIpc) is 3.30. The molecule has 1 aromatic heterocycles. The van der Waals surface area contributed by atoms with Gasteiger partial charge in [0.15, 0.2) is 5.96 Å². The standard InChI is InChI=1S/C25H38N8O5S/c1-14(24(37)38)31-22(35)20(9-11-39-2)33-23(36)19(8-5-10-29-25(27)28)32-21(34)17(26)12-15-13-30-18-7-4-3-6-16(15)18/h3-4,6-7,13-14,17,19-20,30H,5,8-12,26H2,1-2H3,(H,31,35)(H,32,34)(H,33,36)(H,37,38)(H4,27,28,29). The Morgan fingerprint density at radius 3 is 2.33 bits per heavy atom. The number of carbonyl (C=O) groups is 4. The van der Waals surface area contributed by atoms with E-state index in [4.69, 9.17) is 22.3 Å². The quantitative estimate of drug-likeness (QED) is 0.0740. The Kier molecular flexibility index (Phi) is 12.6. The summed E-state index contributed by atoms with van der Waals surface area (Å²) in [6, 6.07) is 3.54. The number of carboxylic acids is 1. The highest BCUT2D eigenvalue weighted by molar-refractivity contribution is 7.98. The van der Waals surface area contributed by atoms with Gasteiger partial charge in [-0.1, -0.05) is 18.2 Å². The molecule has 0 spiro atoms. The number of amides is 3. The van der Waals surface area contributed by atoms with Crippen LogP contribution in [-0.4, -0.2) is 82.5 Å². The van der Waals surface area contributed by atoms with E-state index in [1.165, 1.54) is 18.7 Å². The third-order valence-corrected chi connectivity index (χ3v) is 6.65. The normalized spacial score (nSPS) is 14.0. The number of nitrogens with two attached hydrogens (primary N) is 3. The van der Waals surface area contributed by atoms with E-state index in [1.807, 2.05) is 30.5 Å². The molecule has 214 valence electrons. The van der Waals surface area contributed by atoms with Crippen LogP contribution in [0.2, 0.25) is 0 Å². The predicted octanol–water partition coefficient (Wildman–Crippen LogP) is -0.597. The number of carboxylic acid groups (broad SMARTS) is 1. The second kappa shape index (κ2) is 15.6. The van der Waals surface area contributed by atoms with Gasteiger partial charge >= 0.3 is 5.97 Å². The van der Waals surface area contributed by atoms with Crippen molar-refractivity contribution in [1.29, 1.82) is 0 Å². The van der Waals surface area contributed by atoms with E-state index in [9.17, 15) is 19.2 Å². The third kappa shape index (κ3) is 10.1. The molecule has 1 aromatic carbocycles. The number of aromatic amines is 1. The van der Waals surface area contributed by atoms with Gasteiger partial charge in [0.25, 0.3) is 0 Å². The van der Waals surface area contributed by atoms with Gasteiger partial charge in [-0.15, -0.1) is 0 Å². The molecule has 0 aliphatic rings. The van der Waals surface area contributed by atoms with E-state index in [-0.39, 0.29) is 31.8 Å². The van der Waals surface area contributed by atoms with Gasteiger partial charge in [-0.2, -0.15) is 11.8 Å². The number of hydrogen-bond acceptors (Lipinski definition) is 7. The van der Waals surface area contributed by atoms with Crippen LogP contribution in [0.5, 0.6) is 0 Å². The van der Waals surface area contributed by atoms with Crippen LogP contribution in [0.4, 0.5) is 0 Å². The monoisotopic (exact) mass is 562 g/mol. The molecule has 14 heteroatoms. The fourth-order valence-electron chi connectivity index (χ4n) is 3.83. The summed E-state index contributed by atoms with van der Waals surface area (Å²) in [5, 5.41) is 17.8. The van der Waals surface area contributed by atoms with Crippen molar-refractivity contribution in [2.75, 3.05) is 18.6 Å². The fourth-order valence-corrected chi connectivity index (χ4v) is 4.31. The highest BCUT2D eigenvalue weighted by Gasteiger charge is 2.29. The summed E-state index contributed by atoms with van der Waals surface area (Å²) in [6.07, 6.45) is 4.69. The molecule has 0 radical (unpaired) electrons. The van der Waals surface area contributed by atoms with Crippen molar-refractivity contribution in [3.05, 3.63) is 36.0 Å². The number of fused-ring (bicyclic) bond motifs is 1. The zero-order chi connectivity index (χ0) is 28.9. The lowest BCUT2D eigenvalue weighted by molar-refractivity contribution is -0.141. The number of thioether (sulfide) groups is 1. The fraction of sp³-hybridized carbons (Fsp3) is 0.480. The van der Waals surface area contributed by atoms with Crippen LogP contribution in [-0.2, 0) is 25.6 Å². The Bertz CT molecular complexity index is 1170. The maximum Gasteiger partial charge on any atom is 0.325 e. The highest BCUT2D eigenvalue weighted by Crippen LogP contribution is 2.19. The molecule has 3 amide bonds. The predicted molar refractivity (Wildman–Crippen MR) is 152 cm³/mol. The first kappa shape index (κ1) is 31.4. The molecular formula is C25H38N8O5S. The number of hydrogen-bond donors (Lipinski definition) is 8. The van der Waals surface area contributed by atoms with Crippen LogP contribution >= 0.6 is 11.8 Å². The Hall–Kier alpha value is -3.78. The van der Waals surface area contributed by atoms with Crippen molar-refractivity contribution in [2.24, 2.45) is 22.2 Å². The molecule has 0 aliphatic heterocycles. The van der Waals surface area contributed by atoms with Crippen molar-refractivity contribution in [3.8, 4) is 0 Å². The second-order valence-corrected chi connectivity index (χ2v) is 10.1. The lowest BCUT2D eigenvalue weighted by Gasteiger charge is -2.24. The second-order valence-electron chi connectivity index (χ2n) is 9.09. The number of aromatic nitrogens is 1. The molecule has 4 unspecified atom stereocenters. The van der Waals surface area contributed by atoms with E-state index < -0.39 is 47.9 Å². The molecule has 2 aromatic rings. The smallest absolute Gasteiger partial charge is 0.325 e. The summed E-state index contributed by atoms with van der Waals surface area (Å²) in [6.45, 7) is 1.56. The van der Waals surface area contributed by atoms with Gasteiger partial charge in [0.1, 0.15) is 18.1 Å². The van der Waals surface area contributed by atoms with Crippen LogP contribution in [0, 0.1) is 0 Å². The number of nitrogens with one attached hydrogen (secondary N) is 4. The summed E-state index contributed by atoms with van der Waals surface area (Å²) >= 11 is 1.47. The number of guanidine groups is 1. The minimum absolute atomic E-state index is 0.0952. The number of H-pyrrole nitrogens is 1. The zero-order valence-corrected chi connectivity index (χ0v) is 22.9. The summed E-state index contributed by atoms with van der Waals surface area (Å²) in [4.78, 5) is 57.2. The topological polar surface area (TPSA) is 231 Å². The van der Waals surface area contributed by atoms with E-state index in [0.717, 1.165) is 16.5 Å². The van der Waals surface area contributed by atoms with Gasteiger partial charge in [0.2, 0.25) is 17.7 Å². The summed E-state index contributed by atoms with van der Waals surface area (Å²) in [5.41, 5.74) is 18.7. The lowest BCUT2D eigenvalue weighted by Crippen LogP contribution is -2.57. The van der Waals surface area contributed by atoms with Crippen molar-refractivity contribution < 1.29 is 24.3 Å². The Balaban J connectivity index is 2.13. The molecule has 4 atom stereocenters. The third-order valence-electron chi connectivity index (χ3n) is 6.00. The molecule has 0 saturated carbocycles. The molecule has 0 saturated heterocycles. The van der Waals surface area contributed by atoms with Gasteiger partial charge in [-0.05, 0) is 56.2 Å². The van der Waals surface area contributed by atoms with Crippen LogP contribution in [0.15, 0.2) is 35.5 Å². The molecule has 0 bridgehead atoms. The number of benzene rings is 1. The molecular weight excluding hydrogens is 524 g/mol. The molecule has 11 N–H and O–H groups in total.